The van der Waals surface area contributed by atoms with Crippen LogP contribution in [0.25, 0.3) is 0 Å². The highest BCUT2D eigenvalue weighted by molar-refractivity contribution is 6.04. The van der Waals surface area contributed by atoms with Crippen molar-refractivity contribution in [2.75, 3.05) is 10.6 Å². The van der Waals surface area contributed by atoms with Crippen LogP contribution in [-0.2, 0) is 19.1 Å². The maximum atomic E-state index is 12.2. The van der Waals surface area contributed by atoms with Crippen LogP contribution in [0.1, 0.15) is 29.8 Å². The quantitative estimate of drug-likeness (QED) is 0.476. The Bertz CT molecular complexity index is 978. The highest BCUT2D eigenvalue weighted by Crippen LogP contribution is 2.13. The molecule has 0 heterocycles. The number of benzene rings is 2. The number of carboxylic acids is 1. The Kier molecular flexibility index (Phi) is 7.46. The van der Waals surface area contributed by atoms with Gasteiger partial charge in [-0.15, -0.1) is 0 Å². The molecule has 2 aromatic carbocycles. The van der Waals surface area contributed by atoms with Crippen LogP contribution in [0, 0.1) is 6.92 Å². The minimum absolute atomic E-state index is 0.106. The molecule has 0 aromatic heterocycles. The van der Waals surface area contributed by atoms with E-state index in [-0.39, 0.29) is 11.1 Å². The third kappa shape index (κ3) is 6.59. The first-order chi connectivity index (χ1) is 14.2. The van der Waals surface area contributed by atoms with Gasteiger partial charge in [0, 0.05) is 23.0 Å². The number of hydrogen-bond donors (Lipinski definition) is 3. The van der Waals surface area contributed by atoms with E-state index in [1.54, 1.807) is 12.1 Å². The summed E-state index contributed by atoms with van der Waals surface area (Å²) in [6, 6.07) is 13.0. The van der Waals surface area contributed by atoms with E-state index in [1.165, 1.54) is 38.1 Å². The first kappa shape index (κ1) is 22.4. The number of carbonyl (C=O) groups is 4. The van der Waals surface area contributed by atoms with Crippen LogP contribution in [0.2, 0.25) is 0 Å². The molecule has 2 rings (SSSR count). The number of amides is 2. The number of aryl methyl sites for hydroxylation is 1. The van der Waals surface area contributed by atoms with E-state index in [0.29, 0.717) is 11.4 Å². The Hall–Kier alpha value is -3.94. The van der Waals surface area contributed by atoms with E-state index in [4.69, 9.17) is 9.84 Å². The van der Waals surface area contributed by atoms with E-state index in [2.05, 4.69) is 10.6 Å². The summed E-state index contributed by atoms with van der Waals surface area (Å²) in [6.45, 7) is 4.70. The summed E-state index contributed by atoms with van der Waals surface area (Å²) in [6.07, 6.45) is -0.0546. The molecule has 2 amide bonds. The number of ether oxygens (including phenoxy) is 1. The molecule has 0 bridgehead atoms. The lowest BCUT2D eigenvalue weighted by Gasteiger charge is -2.14. The molecule has 0 aliphatic rings. The summed E-state index contributed by atoms with van der Waals surface area (Å²) in [4.78, 5) is 46.9. The Morgan fingerprint density at radius 2 is 1.47 bits per heavy atom. The average Bonchev–Trinajstić information content (AvgIpc) is 2.69. The first-order valence-electron chi connectivity index (χ1n) is 9.07. The SMILES string of the molecule is C/C(=C/C(=O)Nc1ccc(C(=O)O[C@@H](C)C(=O)Nc2ccc(C)cc2)cc1)C(=O)O. The molecule has 0 radical (unpaired) electrons. The molecule has 8 heteroatoms. The van der Waals surface area contributed by atoms with Crippen LogP contribution in [0.4, 0.5) is 11.4 Å². The van der Waals surface area contributed by atoms with Crippen LogP contribution in [-0.4, -0.2) is 35.0 Å². The fourth-order valence-corrected chi connectivity index (χ4v) is 2.29. The van der Waals surface area contributed by atoms with E-state index >= 15 is 0 Å². The largest absolute Gasteiger partial charge is 0.478 e. The van der Waals surface area contributed by atoms with E-state index in [9.17, 15) is 19.2 Å². The molecule has 1 atom stereocenters. The lowest BCUT2D eigenvalue weighted by Crippen LogP contribution is -2.30. The van der Waals surface area contributed by atoms with Gasteiger partial charge in [0.15, 0.2) is 6.10 Å². The molecule has 0 aliphatic heterocycles. The molecule has 3 N–H and O–H groups in total. The second kappa shape index (κ2) is 10.0. The molecule has 0 unspecified atom stereocenters. The second-order valence-corrected chi connectivity index (χ2v) is 6.60. The predicted molar refractivity (Wildman–Crippen MR) is 111 cm³/mol. The van der Waals surface area contributed by atoms with E-state index < -0.39 is 29.9 Å². The number of rotatable bonds is 7. The monoisotopic (exact) mass is 410 g/mol. The summed E-state index contributed by atoms with van der Waals surface area (Å²) in [5.41, 5.74) is 2.11. The lowest BCUT2D eigenvalue weighted by atomic mass is 10.2. The number of esters is 1. The maximum Gasteiger partial charge on any atom is 0.338 e. The van der Waals surface area contributed by atoms with Gasteiger partial charge in [-0.3, -0.25) is 9.59 Å². The number of carboxylic acid groups (broad SMARTS) is 1. The standard InChI is InChI=1S/C22H22N2O6/c1-13-4-8-18(9-5-13)24-20(26)15(3)30-22(29)16-6-10-17(11-7-16)23-19(25)12-14(2)21(27)28/h4-12,15H,1-3H3,(H,23,25)(H,24,26)(H,27,28)/b14-12-/t15-/m0/s1. The number of aliphatic carboxylic acids is 1. The van der Waals surface area contributed by atoms with Gasteiger partial charge in [-0.05, 0) is 57.2 Å². The molecule has 30 heavy (non-hydrogen) atoms. The summed E-state index contributed by atoms with van der Waals surface area (Å²) >= 11 is 0. The van der Waals surface area contributed by atoms with Crippen LogP contribution in [0.5, 0.6) is 0 Å². The topological polar surface area (TPSA) is 122 Å². The zero-order valence-electron chi connectivity index (χ0n) is 16.8. The highest BCUT2D eigenvalue weighted by atomic mass is 16.5. The van der Waals surface area contributed by atoms with Gasteiger partial charge in [0.2, 0.25) is 5.91 Å². The average molecular weight is 410 g/mol. The third-order valence-electron chi connectivity index (χ3n) is 4.05. The van der Waals surface area contributed by atoms with Crippen molar-refractivity contribution < 1.29 is 29.0 Å². The van der Waals surface area contributed by atoms with Crippen LogP contribution in [0.15, 0.2) is 60.2 Å². The van der Waals surface area contributed by atoms with E-state index in [0.717, 1.165) is 11.6 Å². The molecule has 0 spiro atoms. The minimum Gasteiger partial charge on any atom is -0.478 e. The van der Waals surface area contributed by atoms with Gasteiger partial charge in [0.25, 0.3) is 5.91 Å². The zero-order valence-corrected chi connectivity index (χ0v) is 16.8. The zero-order chi connectivity index (χ0) is 22.3. The molecule has 156 valence electrons. The summed E-state index contributed by atoms with van der Waals surface area (Å²) in [7, 11) is 0. The van der Waals surface area contributed by atoms with Crippen LogP contribution in [0.3, 0.4) is 0 Å². The Balaban J connectivity index is 1.92. The molecular weight excluding hydrogens is 388 g/mol. The Morgan fingerprint density at radius 3 is 2.03 bits per heavy atom. The van der Waals surface area contributed by atoms with Gasteiger partial charge < -0.3 is 20.5 Å². The molecule has 2 aromatic rings. The van der Waals surface area contributed by atoms with Crippen molar-refractivity contribution in [2.24, 2.45) is 0 Å². The van der Waals surface area contributed by atoms with Gasteiger partial charge in [-0.25, -0.2) is 9.59 Å². The predicted octanol–water partition coefficient (Wildman–Crippen LogP) is 3.15. The highest BCUT2D eigenvalue weighted by Gasteiger charge is 2.19. The van der Waals surface area contributed by atoms with E-state index in [1.807, 2.05) is 19.1 Å². The summed E-state index contributed by atoms with van der Waals surface area (Å²) in [5.74, 6) is -2.95. The molecule has 8 nitrogen and oxygen atoms in total. The van der Waals surface area contributed by atoms with Gasteiger partial charge in [0.05, 0.1) is 5.56 Å². The van der Waals surface area contributed by atoms with Crippen LogP contribution >= 0.6 is 0 Å². The van der Waals surface area contributed by atoms with Gasteiger partial charge in [-0.1, -0.05) is 17.7 Å². The second-order valence-electron chi connectivity index (χ2n) is 6.60. The van der Waals surface area contributed by atoms with Crippen molar-refractivity contribution in [1.29, 1.82) is 0 Å². The molecule has 0 aliphatic carbocycles. The minimum atomic E-state index is -1.19. The van der Waals surface area contributed by atoms with Crippen molar-refractivity contribution in [3.05, 3.63) is 71.3 Å². The number of hydrogen-bond acceptors (Lipinski definition) is 5. The van der Waals surface area contributed by atoms with Crippen molar-refractivity contribution in [3.8, 4) is 0 Å². The van der Waals surface area contributed by atoms with Crippen molar-refractivity contribution in [3.63, 3.8) is 0 Å². The molecule has 0 saturated heterocycles. The van der Waals surface area contributed by atoms with Crippen molar-refractivity contribution in [1.82, 2.24) is 0 Å². The third-order valence-corrected chi connectivity index (χ3v) is 4.05. The van der Waals surface area contributed by atoms with Crippen molar-refractivity contribution in [2.45, 2.75) is 26.9 Å². The Labute approximate surface area is 173 Å². The normalized spacial score (nSPS) is 11.9. The smallest absolute Gasteiger partial charge is 0.338 e. The summed E-state index contributed by atoms with van der Waals surface area (Å²) in [5, 5.41) is 13.9. The summed E-state index contributed by atoms with van der Waals surface area (Å²) < 4.78 is 5.18. The number of anilines is 2. The molecule has 0 saturated carbocycles. The van der Waals surface area contributed by atoms with Crippen LogP contribution < -0.4 is 10.6 Å². The molecular formula is C22H22N2O6. The number of carbonyl (C=O) groups excluding carboxylic acids is 3. The fourth-order valence-electron chi connectivity index (χ4n) is 2.29. The molecule has 0 fully saturated rings. The van der Waals surface area contributed by atoms with Gasteiger partial charge in [0.1, 0.15) is 0 Å². The first-order valence-corrected chi connectivity index (χ1v) is 9.07. The van der Waals surface area contributed by atoms with Gasteiger partial charge >= 0.3 is 11.9 Å². The Morgan fingerprint density at radius 1 is 0.933 bits per heavy atom. The fraction of sp³-hybridized carbons (Fsp3) is 0.182. The van der Waals surface area contributed by atoms with Crippen molar-refractivity contribution >= 4 is 35.1 Å². The number of nitrogens with one attached hydrogen (secondary N) is 2. The maximum absolute atomic E-state index is 12.2. The van der Waals surface area contributed by atoms with Gasteiger partial charge in [-0.2, -0.15) is 0 Å². The lowest BCUT2D eigenvalue weighted by molar-refractivity contribution is -0.132.